The van der Waals surface area contributed by atoms with Gasteiger partial charge in [0.1, 0.15) is 0 Å². The van der Waals surface area contributed by atoms with Gasteiger partial charge in [-0.25, -0.2) is 0 Å². The van der Waals surface area contributed by atoms with Gasteiger partial charge in [-0.3, -0.25) is 14.5 Å². The van der Waals surface area contributed by atoms with E-state index in [0.717, 1.165) is 30.2 Å². The van der Waals surface area contributed by atoms with E-state index in [-0.39, 0.29) is 11.1 Å². The van der Waals surface area contributed by atoms with Crippen molar-refractivity contribution in [2.45, 2.75) is 19.8 Å². The molecule has 5 heteroatoms. The monoisotopic (exact) mass is 295 g/mol. The lowest BCUT2D eigenvalue weighted by molar-refractivity contribution is -0.122. The molecule has 2 amide bonds. The Bertz CT molecular complexity index is 542. The Labute approximate surface area is 121 Å². The largest absolute Gasteiger partial charge is 0.293 e. The lowest BCUT2D eigenvalue weighted by atomic mass is 10.2. The first kappa shape index (κ1) is 14.2. The molecule has 0 unspecified atom stereocenters. The molecule has 0 bridgehead atoms. The van der Waals surface area contributed by atoms with E-state index in [4.69, 9.17) is 11.6 Å². The van der Waals surface area contributed by atoms with Crippen LogP contribution in [-0.2, 0) is 4.79 Å². The first-order valence-electron chi connectivity index (χ1n) is 6.13. The van der Waals surface area contributed by atoms with E-state index in [1.807, 2.05) is 25.1 Å². The van der Waals surface area contributed by atoms with E-state index in [1.165, 1.54) is 4.90 Å². The van der Waals surface area contributed by atoms with E-state index in [2.05, 4.69) is 0 Å². The Morgan fingerprint density at radius 3 is 2.74 bits per heavy atom. The van der Waals surface area contributed by atoms with Crippen LogP contribution in [0.1, 0.15) is 25.3 Å². The molecule has 1 aromatic rings. The average Bonchev–Trinajstić information content (AvgIpc) is 2.65. The van der Waals surface area contributed by atoms with Crippen molar-refractivity contribution in [3.63, 3.8) is 0 Å². The summed E-state index contributed by atoms with van der Waals surface area (Å²) >= 11 is 7.02. The SMILES string of the molecule is CCCCN1C(=O)SC(=Cc2ccccc2Cl)C1=O. The van der Waals surface area contributed by atoms with Gasteiger partial charge in [-0.1, -0.05) is 43.1 Å². The summed E-state index contributed by atoms with van der Waals surface area (Å²) in [5.74, 6) is -0.219. The van der Waals surface area contributed by atoms with E-state index in [0.29, 0.717) is 16.5 Å². The minimum atomic E-state index is -0.219. The maximum absolute atomic E-state index is 12.1. The highest BCUT2D eigenvalue weighted by atomic mass is 35.5. The number of thioether (sulfide) groups is 1. The van der Waals surface area contributed by atoms with Gasteiger partial charge in [-0.15, -0.1) is 0 Å². The zero-order chi connectivity index (χ0) is 13.8. The second-order valence-electron chi connectivity index (χ2n) is 4.21. The van der Waals surface area contributed by atoms with Gasteiger partial charge in [0.25, 0.3) is 11.1 Å². The number of rotatable bonds is 4. The molecule has 1 heterocycles. The van der Waals surface area contributed by atoms with E-state index < -0.39 is 0 Å². The first-order chi connectivity index (χ1) is 9.13. The van der Waals surface area contributed by atoms with Crippen molar-refractivity contribution in [3.05, 3.63) is 39.8 Å². The van der Waals surface area contributed by atoms with Crippen LogP contribution >= 0.6 is 23.4 Å². The van der Waals surface area contributed by atoms with Crippen LogP contribution in [0.4, 0.5) is 4.79 Å². The van der Waals surface area contributed by atoms with Crippen molar-refractivity contribution in [2.24, 2.45) is 0 Å². The summed E-state index contributed by atoms with van der Waals surface area (Å²) in [6.07, 6.45) is 3.46. The molecule has 1 aliphatic rings. The number of halogens is 1. The van der Waals surface area contributed by atoms with Crippen LogP contribution in [0.5, 0.6) is 0 Å². The van der Waals surface area contributed by atoms with Gasteiger partial charge >= 0.3 is 0 Å². The molecular formula is C14H14ClNO2S. The molecule has 3 nitrogen and oxygen atoms in total. The van der Waals surface area contributed by atoms with Crippen molar-refractivity contribution in [1.82, 2.24) is 4.90 Å². The van der Waals surface area contributed by atoms with Gasteiger partial charge in [-0.2, -0.15) is 0 Å². The van der Waals surface area contributed by atoms with Crippen LogP contribution < -0.4 is 0 Å². The maximum atomic E-state index is 12.1. The fourth-order valence-electron chi connectivity index (χ4n) is 1.74. The van der Waals surface area contributed by atoms with Crippen LogP contribution in [0.15, 0.2) is 29.2 Å². The standard InChI is InChI=1S/C14H14ClNO2S/c1-2-3-8-16-13(17)12(19-14(16)18)9-10-6-4-5-7-11(10)15/h4-7,9H,2-3,8H2,1H3. The third kappa shape index (κ3) is 3.19. The lowest BCUT2D eigenvalue weighted by Gasteiger charge is -2.10. The van der Waals surface area contributed by atoms with Crippen LogP contribution in [0.3, 0.4) is 0 Å². The Kier molecular flexibility index (Phi) is 4.66. The van der Waals surface area contributed by atoms with Gasteiger partial charge < -0.3 is 0 Å². The molecule has 0 atom stereocenters. The van der Waals surface area contributed by atoms with Crippen LogP contribution in [0.2, 0.25) is 5.02 Å². The fourth-order valence-corrected chi connectivity index (χ4v) is 2.79. The highest BCUT2D eigenvalue weighted by molar-refractivity contribution is 8.18. The van der Waals surface area contributed by atoms with Crippen molar-refractivity contribution in [3.8, 4) is 0 Å². The zero-order valence-corrected chi connectivity index (χ0v) is 12.1. The van der Waals surface area contributed by atoms with Gasteiger partial charge in [0.2, 0.25) is 0 Å². The summed E-state index contributed by atoms with van der Waals surface area (Å²) in [6.45, 7) is 2.51. The van der Waals surface area contributed by atoms with Crippen LogP contribution in [-0.4, -0.2) is 22.6 Å². The third-order valence-electron chi connectivity index (χ3n) is 2.80. The van der Waals surface area contributed by atoms with Crippen LogP contribution in [0.25, 0.3) is 6.08 Å². The number of hydrogen-bond donors (Lipinski definition) is 0. The van der Waals surface area contributed by atoms with Crippen molar-refractivity contribution in [1.29, 1.82) is 0 Å². The highest BCUT2D eigenvalue weighted by Gasteiger charge is 2.34. The molecule has 1 aromatic carbocycles. The number of imide groups is 1. The summed E-state index contributed by atoms with van der Waals surface area (Å²) in [7, 11) is 0. The number of carbonyl (C=O) groups excluding carboxylic acids is 2. The molecule has 0 radical (unpaired) electrons. The second kappa shape index (κ2) is 6.26. The molecule has 0 N–H and O–H groups in total. The Hall–Kier alpha value is -1.26. The smallest absolute Gasteiger partial charge is 0.268 e. The number of benzene rings is 1. The van der Waals surface area contributed by atoms with E-state index in [9.17, 15) is 9.59 Å². The fraction of sp³-hybridized carbons (Fsp3) is 0.286. The normalized spacial score (nSPS) is 17.6. The quantitative estimate of drug-likeness (QED) is 0.782. The molecule has 1 saturated heterocycles. The Balaban J connectivity index is 2.21. The topological polar surface area (TPSA) is 37.4 Å². The number of amides is 2. The molecule has 1 aliphatic heterocycles. The molecule has 0 saturated carbocycles. The third-order valence-corrected chi connectivity index (χ3v) is 4.05. The molecule has 2 rings (SSSR count). The predicted octanol–water partition coefficient (Wildman–Crippen LogP) is 4.18. The zero-order valence-electron chi connectivity index (χ0n) is 10.6. The molecule has 19 heavy (non-hydrogen) atoms. The molecular weight excluding hydrogens is 282 g/mol. The van der Waals surface area contributed by atoms with Gasteiger partial charge in [0, 0.05) is 11.6 Å². The van der Waals surface area contributed by atoms with Gasteiger partial charge in [0.05, 0.1) is 4.91 Å². The summed E-state index contributed by atoms with van der Waals surface area (Å²) in [5.41, 5.74) is 0.755. The van der Waals surface area contributed by atoms with Crippen molar-refractivity contribution >= 4 is 40.6 Å². The number of hydrogen-bond acceptors (Lipinski definition) is 3. The van der Waals surface area contributed by atoms with E-state index in [1.54, 1.807) is 12.1 Å². The minimum absolute atomic E-state index is 0.197. The number of unbranched alkanes of at least 4 members (excludes halogenated alkanes) is 1. The Morgan fingerprint density at radius 2 is 2.05 bits per heavy atom. The lowest BCUT2D eigenvalue weighted by Crippen LogP contribution is -2.29. The molecule has 1 fully saturated rings. The van der Waals surface area contributed by atoms with Gasteiger partial charge in [-0.05, 0) is 35.9 Å². The highest BCUT2D eigenvalue weighted by Crippen LogP contribution is 2.33. The van der Waals surface area contributed by atoms with Crippen molar-refractivity contribution < 1.29 is 9.59 Å². The Morgan fingerprint density at radius 1 is 1.32 bits per heavy atom. The van der Waals surface area contributed by atoms with Crippen molar-refractivity contribution in [2.75, 3.05) is 6.54 Å². The van der Waals surface area contributed by atoms with E-state index >= 15 is 0 Å². The molecule has 0 aromatic heterocycles. The van der Waals surface area contributed by atoms with Gasteiger partial charge in [0.15, 0.2) is 0 Å². The van der Waals surface area contributed by atoms with Crippen LogP contribution in [0, 0.1) is 0 Å². The molecule has 0 aliphatic carbocycles. The average molecular weight is 296 g/mol. The number of carbonyl (C=O) groups is 2. The summed E-state index contributed by atoms with van der Waals surface area (Å²) in [4.78, 5) is 25.6. The summed E-state index contributed by atoms with van der Waals surface area (Å²) < 4.78 is 0. The maximum Gasteiger partial charge on any atom is 0.293 e. The minimum Gasteiger partial charge on any atom is -0.268 e. The molecule has 100 valence electrons. The predicted molar refractivity (Wildman–Crippen MR) is 79.0 cm³/mol. The number of nitrogens with zero attached hydrogens (tertiary/aromatic N) is 1. The summed E-state index contributed by atoms with van der Waals surface area (Å²) in [6, 6.07) is 7.25. The second-order valence-corrected chi connectivity index (χ2v) is 5.61. The summed E-state index contributed by atoms with van der Waals surface area (Å²) in [5, 5.41) is 0.375. The molecule has 0 spiro atoms. The first-order valence-corrected chi connectivity index (χ1v) is 7.33.